The molecule has 1 unspecified atom stereocenters. The van der Waals surface area contributed by atoms with Gasteiger partial charge in [0.2, 0.25) is 0 Å². The van der Waals surface area contributed by atoms with Crippen LogP contribution >= 0.6 is 0 Å². The van der Waals surface area contributed by atoms with Crippen molar-refractivity contribution in [2.24, 2.45) is 5.41 Å². The Kier molecular flexibility index (Phi) is 5.08. The van der Waals surface area contributed by atoms with Crippen LogP contribution in [0.3, 0.4) is 0 Å². The van der Waals surface area contributed by atoms with Crippen LogP contribution in [-0.4, -0.2) is 47.3 Å². The monoisotopic (exact) mass is 203 g/mol. The van der Waals surface area contributed by atoms with E-state index >= 15 is 0 Å². The maximum absolute atomic E-state index is 11.6. The number of rotatable bonds is 4. The molecule has 0 aliphatic rings. The lowest BCUT2D eigenvalue weighted by atomic mass is 9.88. The standard InChI is InChI=1S/C10H21NO3/c1-10(2,3)8(13)9(14)11(4)6-5-7-12/h8,12-13H,5-7H2,1-4H3. The van der Waals surface area contributed by atoms with E-state index in [2.05, 4.69) is 0 Å². The van der Waals surface area contributed by atoms with Gasteiger partial charge in [-0.2, -0.15) is 0 Å². The van der Waals surface area contributed by atoms with Gasteiger partial charge < -0.3 is 15.1 Å². The third kappa shape index (κ3) is 4.07. The summed E-state index contributed by atoms with van der Waals surface area (Å²) in [5.74, 6) is -0.286. The van der Waals surface area contributed by atoms with Gasteiger partial charge in [0.05, 0.1) is 0 Å². The van der Waals surface area contributed by atoms with Crippen LogP contribution in [0.1, 0.15) is 27.2 Å². The zero-order chi connectivity index (χ0) is 11.4. The van der Waals surface area contributed by atoms with E-state index in [-0.39, 0.29) is 12.5 Å². The summed E-state index contributed by atoms with van der Waals surface area (Å²) in [6.07, 6.45) is -0.440. The molecule has 4 heteroatoms. The SMILES string of the molecule is CN(CCCO)C(=O)C(O)C(C)(C)C. The quantitative estimate of drug-likeness (QED) is 0.688. The number of hydrogen-bond acceptors (Lipinski definition) is 3. The number of hydrogen-bond donors (Lipinski definition) is 2. The number of carbonyl (C=O) groups excluding carboxylic acids is 1. The smallest absolute Gasteiger partial charge is 0.251 e. The van der Waals surface area contributed by atoms with Gasteiger partial charge in [-0.15, -0.1) is 0 Å². The lowest BCUT2D eigenvalue weighted by Crippen LogP contribution is -2.43. The topological polar surface area (TPSA) is 60.8 Å². The molecule has 0 aromatic carbocycles. The second-order valence-corrected chi connectivity index (χ2v) is 4.61. The van der Waals surface area contributed by atoms with Crippen LogP contribution in [0.2, 0.25) is 0 Å². The molecule has 0 rings (SSSR count). The average molecular weight is 203 g/mol. The van der Waals surface area contributed by atoms with Crippen LogP contribution in [0.15, 0.2) is 0 Å². The van der Waals surface area contributed by atoms with E-state index in [0.29, 0.717) is 13.0 Å². The summed E-state index contributed by atoms with van der Waals surface area (Å²) in [5, 5.41) is 18.3. The Hall–Kier alpha value is -0.610. The van der Waals surface area contributed by atoms with E-state index in [9.17, 15) is 9.90 Å². The Morgan fingerprint density at radius 3 is 2.29 bits per heavy atom. The summed E-state index contributed by atoms with van der Waals surface area (Å²) in [4.78, 5) is 13.0. The first kappa shape index (κ1) is 13.4. The summed E-state index contributed by atoms with van der Waals surface area (Å²) in [5.41, 5.74) is -0.440. The molecule has 0 radical (unpaired) electrons. The lowest BCUT2D eigenvalue weighted by Gasteiger charge is -2.28. The first-order valence-corrected chi connectivity index (χ1v) is 4.84. The van der Waals surface area contributed by atoms with Crippen molar-refractivity contribution < 1.29 is 15.0 Å². The van der Waals surface area contributed by atoms with Gasteiger partial charge in [0.15, 0.2) is 0 Å². The molecule has 1 atom stereocenters. The Morgan fingerprint density at radius 1 is 1.43 bits per heavy atom. The highest BCUT2D eigenvalue weighted by atomic mass is 16.3. The minimum absolute atomic E-state index is 0.0588. The van der Waals surface area contributed by atoms with Crippen molar-refractivity contribution in [3.05, 3.63) is 0 Å². The van der Waals surface area contributed by atoms with E-state index in [0.717, 1.165) is 0 Å². The van der Waals surface area contributed by atoms with Crippen molar-refractivity contribution in [2.45, 2.75) is 33.3 Å². The Labute approximate surface area is 85.5 Å². The summed E-state index contributed by atoms with van der Waals surface area (Å²) in [6, 6.07) is 0. The predicted octanol–water partition coefficient (Wildman–Crippen LogP) is 0.234. The molecule has 2 N–H and O–H groups in total. The first-order valence-electron chi connectivity index (χ1n) is 4.84. The van der Waals surface area contributed by atoms with E-state index in [1.54, 1.807) is 7.05 Å². The van der Waals surface area contributed by atoms with E-state index in [4.69, 9.17) is 5.11 Å². The molecule has 0 saturated carbocycles. The highest BCUT2D eigenvalue weighted by Gasteiger charge is 2.30. The summed E-state index contributed by atoms with van der Waals surface area (Å²) in [6.45, 7) is 5.98. The highest BCUT2D eigenvalue weighted by molar-refractivity contribution is 5.81. The van der Waals surface area contributed by atoms with Crippen LogP contribution in [0.4, 0.5) is 0 Å². The van der Waals surface area contributed by atoms with Gasteiger partial charge in [0.1, 0.15) is 6.10 Å². The minimum Gasteiger partial charge on any atom is -0.396 e. The second-order valence-electron chi connectivity index (χ2n) is 4.61. The second kappa shape index (κ2) is 5.32. The van der Waals surface area contributed by atoms with Crippen molar-refractivity contribution in [3.8, 4) is 0 Å². The fourth-order valence-electron chi connectivity index (χ4n) is 0.997. The number of aliphatic hydroxyl groups excluding tert-OH is 2. The van der Waals surface area contributed by atoms with Gasteiger partial charge in [-0.1, -0.05) is 20.8 Å². The fraction of sp³-hybridized carbons (Fsp3) is 0.900. The largest absolute Gasteiger partial charge is 0.396 e. The fourth-order valence-corrected chi connectivity index (χ4v) is 0.997. The highest BCUT2D eigenvalue weighted by Crippen LogP contribution is 2.20. The molecule has 1 amide bonds. The molecule has 4 nitrogen and oxygen atoms in total. The molecule has 0 bridgehead atoms. The molecule has 0 heterocycles. The predicted molar refractivity (Wildman–Crippen MR) is 54.8 cm³/mol. The maximum atomic E-state index is 11.6. The van der Waals surface area contributed by atoms with Crippen molar-refractivity contribution in [3.63, 3.8) is 0 Å². The minimum atomic E-state index is -0.980. The molecule has 0 aliphatic heterocycles. The molecule has 0 aromatic rings. The third-order valence-electron chi connectivity index (χ3n) is 2.08. The molecular formula is C10H21NO3. The third-order valence-corrected chi connectivity index (χ3v) is 2.08. The number of carbonyl (C=O) groups is 1. The van der Waals surface area contributed by atoms with E-state index < -0.39 is 11.5 Å². The number of likely N-dealkylation sites (N-methyl/N-ethyl adjacent to an activating group) is 1. The van der Waals surface area contributed by atoms with Crippen LogP contribution in [0, 0.1) is 5.41 Å². The average Bonchev–Trinajstić information content (AvgIpc) is 2.10. The summed E-state index contributed by atoms with van der Waals surface area (Å²) >= 11 is 0. The summed E-state index contributed by atoms with van der Waals surface area (Å²) < 4.78 is 0. The van der Waals surface area contributed by atoms with Crippen LogP contribution in [0.5, 0.6) is 0 Å². The van der Waals surface area contributed by atoms with Gasteiger partial charge in [-0.05, 0) is 11.8 Å². The number of amides is 1. The molecular weight excluding hydrogens is 182 g/mol. The molecule has 14 heavy (non-hydrogen) atoms. The Balaban J connectivity index is 4.18. The van der Waals surface area contributed by atoms with Gasteiger partial charge in [0, 0.05) is 20.2 Å². The number of nitrogens with zero attached hydrogens (tertiary/aromatic N) is 1. The summed E-state index contributed by atoms with van der Waals surface area (Å²) in [7, 11) is 1.63. The molecule has 0 aromatic heterocycles. The van der Waals surface area contributed by atoms with Crippen LogP contribution in [0.25, 0.3) is 0 Å². The van der Waals surface area contributed by atoms with Gasteiger partial charge in [-0.25, -0.2) is 0 Å². The molecule has 0 spiro atoms. The first-order chi connectivity index (χ1) is 6.30. The van der Waals surface area contributed by atoms with Gasteiger partial charge in [0.25, 0.3) is 5.91 Å². The van der Waals surface area contributed by atoms with Crippen molar-refractivity contribution in [1.29, 1.82) is 0 Å². The van der Waals surface area contributed by atoms with Crippen LogP contribution in [-0.2, 0) is 4.79 Å². The van der Waals surface area contributed by atoms with Gasteiger partial charge in [-0.3, -0.25) is 4.79 Å². The van der Waals surface area contributed by atoms with Crippen molar-refractivity contribution in [1.82, 2.24) is 4.90 Å². The van der Waals surface area contributed by atoms with Crippen molar-refractivity contribution >= 4 is 5.91 Å². The zero-order valence-electron chi connectivity index (χ0n) is 9.45. The molecule has 84 valence electrons. The van der Waals surface area contributed by atoms with Crippen LogP contribution < -0.4 is 0 Å². The maximum Gasteiger partial charge on any atom is 0.251 e. The van der Waals surface area contributed by atoms with E-state index in [1.807, 2.05) is 20.8 Å². The Bertz CT molecular complexity index is 186. The van der Waals surface area contributed by atoms with E-state index in [1.165, 1.54) is 4.90 Å². The molecule has 0 fully saturated rings. The van der Waals surface area contributed by atoms with Gasteiger partial charge >= 0.3 is 0 Å². The molecule has 0 saturated heterocycles. The zero-order valence-corrected chi connectivity index (χ0v) is 9.45. The molecule has 0 aliphatic carbocycles. The number of aliphatic hydroxyl groups is 2. The Morgan fingerprint density at radius 2 is 1.93 bits per heavy atom. The van der Waals surface area contributed by atoms with Crippen molar-refractivity contribution in [2.75, 3.05) is 20.2 Å². The lowest BCUT2D eigenvalue weighted by molar-refractivity contribution is -0.144. The normalized spacial score (nSPS) is 13.9.